The predicted octanol–water partition coefficient (Wildman–Crippen LogP) is 7.65. The quantitative estimate of drug-likeness (QED) is 0.0634. The van der Waals surface area contributed by atoms with Gasteiger partial charge < -0.3 is 30.3 Å². The van der Waals surface area contributed by atoms with E-state index in [0.717, 1.165) is 22.3 Å². The van der Waals surface area contributed by atoms with Crippen LogP contribution in [0.25, 0.3) is 0 Å². The Hall–Kier alpha value is -3.36. The molecule has 5 atom stereocenters. The summed E-state index contributed by atoms with van der Waals surface area (Å²) in [7, 11) is 0. The maximum atomic E-state index is 13.0. The number of rotatable bonds is 11. The molecule has 5 N–H and O–H groups in total. The summed E-state index contributed by atoms with van der Waals surface area (Å²) in [5.74, 6) is -0.584. The molecule has 0 aromatic carbocycles. The minimum absolute atomic E-state index is 0.0198. The first-order valence-electron chi connectivity index (χ1n) is 18.2. The summed E-state index contributed by atoms with van der Waals surface area (Å²) in [6.45, 7) is 21.8. The zero-order chi connectivity index (χ0) is 40.1. The van der Waals surface area contributed by atoms with Gasteiger partial charge in [0.2, 0.25) is 0 Å². The van der Waals surface area contributed by atoms with Gasteiger partial charge in [-0.2, -0.15) is 0 Å². The summed E-state index contributed by atoms with van der Waals surface area (Å²) >= 11 is 0. The van der Waals surface area contributed by atoms with Gasteiger partial charge in [-0.25, -0.2) is 0 Å². The Morgan fingerprint density at radius 3 is 1.75 bits per heavy atom. The molecule has 0 spiro atoms. The molecule has 2 fully saturated rings. The van der Waals surface area contributed by atoms with Gasteiger partial charge in [0.15, 0.2) is 5.78 Å². The first-order chi connectivity index (χ1) is 23.8. The molecule has 0 heterocycles. The molecule has 2 saturated carbocycles. The topological polar surface area (TPSA) is 145 Å². The highest BCUT2D eigenvalue weighted by molar-refractivity contribution is 5.96. The molecule has 290 valence electrons. The molecular formula is C44H66O8. The van der Waals surface area contributed by atoms with E-state index in [-0.39, 0.29) is 42.7 Å². The molecule has 0 radical (unpaired) electrons. The Morgan fingerprint density at radius 2 is 1.27 bits per heavy atom. The molecule has 2 aliphatic carbocycles. The number of allylic oxidation sites excluding steroid dienone is 14. The lowest BCUT2D eigenvalue weighted by atomic mass is 9.56. The number of Topliss-reactive ketones (excluding diaryl/α,β-unsaturated/α-hetero) is 1. The first-order valence-corrected chi connectivity index (χ1v) is 18.2. The standard InChI is InChI=1S/C42H60O7.C2H6O/c1-29(18-14-19-31(3)22-23-37-38(6,7)26-35(49-33(5)43)27-40(37,10)46)16-12-13-17-30(2)20-15-21-32(4)36(45)28-42(48)39(8,9)24-34(44)25-41(42,11)47;1-2-3/h12-22,34-35,44,46-48H,24-28H2,1-11H3;3H,2H2,1H3/b13-12+,18-14+,20-15+,29-16+,30-17+,31-19+,32-21+;. The van der Waals surface area contributed by atoms with Gasteiger partial charge in [0.1, 0.15) is 11.7 Å². The van der Waals surface area contributed by atoms with Crippen LogP contribution in [0.2, 0.25) is 0 Å². The van der Waals surface area contributed by atoms with E-state index in [1.165, 1.54) is 13.8 Å². The molecule has 0 aromatic rings. The second kappa shape index (κ2) is 19.6. The van der Waals surface area contributed by atoms with Crippen molar-refractivity contribution < 1.29 is 39.9 Å². The highest BCUT2D eigenvalue weighted by Gasteiger charge is 2.60. The lowest BCUT2D eigenvalue weighted by molar-refractivity contribution is -0.243. The Morgan fingerprint density at radius 1 is 0.769 bits per heavy atom. The second-order valence-corrected chi connectivity index (χ2v) is 16.1. The fourth-order valence-electron chi connectivity index (χ4n) is 7.22. The van der Waals surface area contributed by atoms with Crippen molar-refractivity contribution in [2.75, 3.05) is 6.61 Å². The third-order valence-electron chi connectivity index (χ3n) is 9.85. The second-order valence-electron chi connectivity index (χ2n) is 16.1. The van der Waals surface area contributed by atoms with Crippen LogP contribution in [0.3, 0.4) is 0 Å². The summed E-state index contributed by atoms with van der Waals surface area (Å²) < 4.78 is 5.41. The normalized spacial score (nSPS) is 29.9. The SMILES string of the molecule is CC(=O)OC1CC(C)(C)C(=C=C/C(C)=C/C=C/C(C)=C/C=C/C=C(C)/C=C/C=C(\C)C(=O)CC2(O)C(C)(C)CC(O)CC2(C)O)C(C)(O)C1.CCO. The Kier molecular flexibility index (Phi) is 17.6. The average molecular weight is 723 g/mol. The van der Waals surface area contributed by atoms with Crippen molar-refractivity contribution in [3.05, 3.63) is 100 Å². The molecule has 0 aromatic heterocycles. The van der Waals surface area contributed by atoms with Crippen LogP contribution in [0.15, 0.2) is 100 Å². The van der Waals surface area contributed by atoms with Crippen LogP contribution in [-0.2, 0) is 14.3 Å². The van der Waals surface area contributed by atoms with Crippen LogP contribution in [0.1, 0.15) is 115 Å². The first kappa shape index (κ1) is 46.7. The van der Waals surface area contributed by atoms with Gasteiger partial charge in [-0.1, -0.05) is 99.6 Å². The maximum absolute atomic E-state index is 13.0. The van der Waals surface area contributed by atoms with Crippen LogP contribution in [0.5, 0.6) is 0 Å². The number of hydrogen-bond acceptors (Lipinski definition) is 8. The predicted molar refractivity (Wildman–Crippen MR) is 210 cm³/mol. The summed E-state index contributed by atoms with van der Waals surface area (Å²) in [6, 6.07) is 0. The van der Waals surface area contributed by atoms with Crippen molar-refractivity contribution in [1.82, 2.24) is 0 Å². The number of ketones is 1. The van der Waals surface area contributed by atoms with Crippen molar-refractivity contribution >= 4 is 11.8 Å². The minimum Gasteiger partial charge on any atom is -0.462 e. The van der Waals surface area contributed by atoms with Gasteiger partial charge in [-0.3, -0.25) is 9.59 Å². The van der Waals surface area contributed by atoms with E-state index < -0.39 is 28.3 Å². The van der Waals surface area contributed by atoms with Crippen molar-refractivity contribution in [2.24, 2.45) is 10.8 Å². The van der Waals surface area contributed by atoms with Crippen molar-refractivity contribution in [3.8, 4) is 0 Å². The zero-order valence-corrected chi connectivity index (χ0v) is 33.7. The monoisotopic (exact) mass is 722 g/mol. The van der Waals surface area contributed by atoms with Crippen molar-refractivity contribution in [3.63, 3.8) is 0 Å². The molecule has 0 saturated heterocycles. The fraction of sp³-hybridized carbons (Fsp3) is 0.568. The molecule has 2 aliphatic rings. The molecule has 0 bridgehead atoms. The van der Waals surface area contributed by atoms with Crippen LogP contribution in [0.4, 0.5) is 0 Å². The lowest BCUT2D eigenvalue weighted by Gasteiger charge is -2.56. The van der Waals surface area contributed by atoms with Gasteiger partial charge in [-0.05, 0) is 89.4 Å². The van der Waals surface area contributed by atoms with E-state index in [1.807, 2.05) is 89.3 Å². The number of aliphatic hydroxyl groups is 5. The van der Waals surface area contributed by atoms with Gasteiger partial charge in [0.25, 0.3) is 0 Å². The van der Waals surface area contributed by atoms with Crippen LogP contribution < -0.4 is 0 Å². The summed E-state index contributed by atoms with van der Waals surface area (Å²) in [6.07, 6.45) is 21.1. The highest BCUT2D eigenvalue weighted by Crippen LogP contribution is 2.51. The number of esters is 1. The lowest BCUT2D eigenvalue weighted by Crippen LogP contribution is -2.66. The van der Waals surface area contributed by atoms with Gasteiger partial charge in [-0.15, -0.1) is 5.73 Å². The number of hydrogen-bond donors (Lipinski definition) is 5. The summed E-state index contributed by atoms with van der Waals surface area (Å²) in [5.41, 5.74) is 2.07. The molecule has 5 unspecified atom stereocenters. The average Bonchev–Trinajstić information content (AvgIpc) is 2.96. The molecule has 8 nitrogen and oxygen atoms in total. The number of carbonyl (C=O) groups excluding carboxylic acids is 2. The van der Waals surface area contributed by atoms with E-state index in [0.29, 0.717) is 24.8 Å². The summed E-state index contributed by atoms with van der Waals surface area (Å²) in [4.78, 5) is 24.5. The molecule has 8 heteroatoms. The van der Waals surface area contributed by atoms with Crippen LogP contribution >= 0.6 is 0 Å². The van der Waals surface area contributed by atoms with E-state index in [2.05, 4.69) is 5.73 Å². The highest BCUT2D eigenvalue weighted by atomic mass is 16.5. The third kappa shape index (κ3) is 13.9. The Bertz CT molecular complexity index is 1490. The van der Waals surface area contributed by atoms with E-state index in [4.69, 9.17) is 9.84 Å². The number of aliphatic hydroxyl groups excluding tert-OH is 2. The Labute approximate surface area is 313 Å². The van der Waals surface area contributed by atoms with Crippen molar-refractivity contribution in [1.29, 1.82) is 0 Å². The minimum atomic E-state index is -1.66. The molecular weight excluding hydrogens is 656 g/mol. The molecule has 52 heavy (non-hydrogen) atoms. The smallest absolute Gasteiger partial charge is 0.302 e. The summed E-state index contributed by atoms with van der Waals surface area (Å²) in [5, 5.41) is 51.3. The van der Waals surface area contributed by atoms with E-state index in [9.17, 15) is 30.0 Å². The zero-order valence-electron chi connectivity index (χ0n) is 33.7. The maximum Gasteiger partial charge on any atom is 0.302 e. The van der Waals surface area contributed by atoms with Crippen LogP contribution in [0, 0.1) is 10.8 Å². The largest absolute Gasteiger partial charge is 0.462 e. The molecule has 0 amide bonds. The van der Waals surface area contributed by atoms with Gasteiger partial charge in [0.05, 0.1) is 17.3 Å². The third-order valence-corrected chi connectivity index (χ3v) is 9.85. The molecule has 0 aliphatic heterocycles. The van der Waals surface area contributed by atoms with Crippen LogP contribution in [-0.4, -0.2) is 72.9 Å². The molecule has 2 rings (SSSR count). The van der Waals surface area contributed by atoms with E-state index >= 15 is 0 Å². The fourth-order valence-corrected chi connectivity index (χ4v) is 7.22. The van der Waals surface area contributed by atoms with Crippen molar-refractivity contribution in [2.45, 2.75) is 144 Å². The van der Waals surface area contributed by atoms with Gasteiger partial charge in [0, 0.05) is 38.4 Å². The van der Waals surface area contributed by atoms with Gasteiger partial charge >= 0.3 is 5.97 Å². The Balaban J connectivity index is 0.00000434. The number of carbonyl (C=O) groups is 2. The number of ether oxygens (including phenoxy) is 1. The van der Waals surface area contributed by atoms with E-state index in [1.54, 1.807) is 46.8 Å².